The summed E-state index contributed by atoms with van der Waals surface area (Å²) in [4.78, 5) is 2.06. The summed E-state index contributed by atoms with van der Waals surface area (Å²) in [5.74, 6) is -0.178. The summed E-state index contributed by atoms with van der Waals surface area (Å²) in [5, 5.41) is 3.37. The van der Waals surface area contributed by atoms with E-state index >= 15 is 0 Å². The molecule has 90 valence electrons. The van der Waals surface area contributed by atoms with Crippen LogP contribution in [0.4, 0.5) is 10.1 Å². The fraction of sp³-hybridized carbons (Fsp3) is 0.538. The van der Waals surface area contributed by atoms with Gasteiger partial charge in [0.2, 0.25) is 0 Å². The zero-order valence-corrected chi connectivity index (χ0v) is 10.2. The highest BCUT2D eigenvalue weighted by Crippen LogP contribution is 2.12. The summed E-state index contributed by atoms with van der Waals surface area (Å²) in [6, 6.07) is 6.70. The Hall–Kier alpha value is -1.09. The third kappa shape index (κ3) is 4.62. The summed E-state index contributed by atoms with van der Waals surface area (Å²) in [5.41, 5.74) is 0.928. The van der Waals surface area contributed by atoms with Gasteiger partial charge in [0, 0.05) is 25.8 Å². The maximum absolute atomic E-state index is 13.0. The Morgan fingerprint density at radius 3 is 2.81 bits per heavy atom. The molecule has 0 amide bonds. The van der Waals surface area contributed by atoms with Crippen LogP contribution in [0, 0.1) is 5.82 Å². The van der Waals surface area contributed by atoms with Gasteiger partial charge in [0.15, 0.2) is 0 Å². The van der Waals surface area contributed by atoms with E-state index in [9.17, 15) is 4.39 Å². The number of benzene rings is 1. The molecule has 16 heavy (non-hydrogen) atoms. The van der Waals surface area contributed by atoms with Crippen molar-refractivity contribution >= 4 is 5.69 Å². The highest BCUT2D eigenvalue weighted by atomic mass is 19.1. The Kier molecular flexibility index (Phi) is 5.86. The monoisotopic (exact) mass is 224 g/mol. The molecule has 0 saturated carbocycles. The van der Waals surface area contributed by atoms with Gasteiger partial charge in [-0.3, -0.25) is 0 Å². The molecule has 0 atom stereocenters. The summed E-state index contributed by atoms with van der Waals surface area (Å²) in [6.45, 7) is 5.08. The molecule has 1 rings (SSSR count). The molecule has 0 unspecified atom stereocenters. The first kappa shape index (κ1) is 13.0. The first-order valence-electron chi connectivity index (χ1n) is 5.91. The fourth-order valence-electron chi connectivity index (χ4n) is 1.52. The van der Waals surface area contributed by atoms with Gasteiger partial charge in [-0.15, -0.1) is 0 Å². The first-order chi connectivity index (χ1) is 7.74. The molecule has 0 fully saturated rings. The smallest absolute Gasteiger partial charge is 0.125 e. The average Bonchev–Trinajstić information content (AvgIpc) is 2.28. The lowest BCUT2D eigenvalue weighted by molar-refractivity contribution is 0.623. The van der Waals surface area contributed by atoms with Gasteiger partial charge >= 0.3 is 0 Å². The summed E-state index contributed by atoms with van der Waals surface area (Å²) < 4.78 is 13.0. The molecule has 0 spiro atoms. The molecule has 0 aliphatic carbocycles. The van der Waals surface area contributed by atoms with Gasteiger partial charge in [-0.25, -0.2) is 4.39 Å². The van der Waals surface area contributed by atoms with Gasteiger partial charge < -0.3 is 10.2 Å². The zero-order chi connectivity index (χ0) is 11.8. The van der Waals surface area contributed by atoms with Crippen LogP contribution in [0.3, 0.4) is 0 Å². The van der Waals surface area contributed by atoms with Gasteiger partial charge in [0.1, 0.15) is 5.82 Å². The maximum Gasteiger partial charge on any atom is 0.125 e. The number of nitrogens with zero attached hydrogens (tertiary/aromatic N) is 1. The van der Waals surface area contributed by atoms with Crippen LogP contribution in [-0.2, 0) is 0 Å². The van der Waals surface area contributed by atoms with Crippen molar-refractivity contribution in [2.24, 2.45) is 0 Å². The van der Waals surface area contributed by atoms with E-state index in [2.05, 4.69) is 17.1 Å². The van der Waals surface area contributed by atoms with Gasteiger partial charge in [-0.05, 0) is 31.2 Å². The number of hydrogen-bond donors (Lipinski definition) is 1. The minimum absolute atomic E-state index is 0.178. The molecule has 0 bridgehead atoms. The van der Waals surface area contributed by atoms with E-state index in [1.807, 2.05) is 13.1 Å². The number of rotatable bonds is 7. The van der Waals surface area contributed by atoms with Crippen LogP contribution in [0.25, 0.3) is 0 Å². The van der Waals surface area contributed by atoms with Crippen LogP contribution in [0.5, 0.6) is 0 Å². The minimum Gasteiger partial charge on any atom is -0.373 e. The predicted molar refractivity (Wildman–Crippen MR) is 67.4 cm³/mol. The number of hydrogen-bond acceptors (Lipinski definition) is 2. The zero-order valence-electron chi connectivity index (χ0n) is 10.2. The first-order valence-corrected chi connectivity index (χ1v) is 5.91. The molecule has 1 N–H and O–H groups in total. The van der Waals surface area contributed by atoms with E-state index in [0.29, 0.717) is 0 Å². The molecule has 1 aromatic rings. The second kappa shape index (κ2) is 7.23. The van der Waals surface area contributed by atoms with Crippen molar-refractivity contribution in [3.63, 3.8) is 0 Å². The van der Waals surface area contributed by atoms with Crippen LogP contribution in [0.15, 0.2) is 24.3 Å². The third-order valence-electron chi connectivity index (χ3n) is 2.58. The molecular weight excluding hydrogens is 203 g/mol. The summed E-state index contributed by atoms with van der Waals surface area (Å²) >= 11 is 0. The average molecular weight is 224 g/mol. The quantitative estimate of drug-likeness (QED) is 0.716. The van der Waals surface area contributed by atoms with Crippen LogP contribution in [0.1, 0.15) is 19.8 Å². The molecule has 1 aromatic carbocycles. The second-order valence-electron chi connectivity index (χ2n) is 4.00. The number of likely N-dealkylation sites (N-methyl/N-ethyl adjacent to an activating group) is 1. The normalized spacial score (nSPS) is 10.4. The SMILES string of the molecule is CCCCNCCN(C)c1cccc(F)c1. The van der Waals surface area contributed by atoms with Crippen molar-refractivity contribution in [2.45, 2.75) is 19.8 Å². The van der Waals surface area contributed by atoms with E-state index in [1.165, 1.54) is 18.9 Å². The molecule has 0 heterocycles. The van der Waals surface area contributed by atoms with E-state index in [-0.39, 0.29) is 5.82 Å². The van der Waals surface area contributed by atoms with Gasteiger partial charge in [0.05, 0.1) is 0 Å². The molecule has 0 aliphatic rings. The number of anilines is 1. The third-order valence-corrected chi connectivity index (χ3v) is 2.58. The molecule has 0 saturated heterocycles. The minimum atomic E-state index is -0.178. The highest BCUT2D eigenvalue weighted by Gasteiger charge is 2.00. The van der Waals surface area contributed by atoms with Crippen molar-refractivity contribution in [1.82, 2.24) is 5.32 Å². The van der Waals surface area contributed by atoms with E-state index in [4.69, 9.17) is 0 Å². The van der Waals surface area contributed by atoms with Crippen LogP contribution in [-0.4, -0.2) is 26.7 Å². The topological polar surface area (TPSA) is 15.3 Å². The Labute approximate surface area is 97.5 Å². The van der Waals surface area contributed by atoms with E-state index < -0.39 is 0 Å². The molecule has 3 heteroatoms. The van der Waals surface area contributed by atoms with Gasteiger partial charge in [-0.2, -0.15) is 0 Å². The second-order valence-corrected chi connectivity index (χ2v) is 4.00. The van der Waals surface area contributed by atoms with Crippen molar-refractivity contribution in [2.75, 3.05) is 31.6 Å². The lowest BCUT2D eigenvalue weighted by Crippen LogP contribution is -2.29. The van der Waals surface area contributed by atoms with Crippen LogP contribution in [0.2, 0.25) is 0 Å². The van der Waals surface area contributed by atoms with E-state index in [0.717, 1.165) is 25.3 Å². The van der Waals surface area contributed by atoms with Gasteiger partial charge in [-0.1, -0.05) is 19.4 Å². The van der Waals surface area contributed by atoms with Crippen molar-refractivity contribution < 1.29 is 4.39 Å². The predicted octanol–water partition coefficient (Wildman–Crippen LogP) is 2.65. The number of nitrogens with one attached hydrogen (secondary N) is 1. The van der Waals surface area contributed by atoms with Crippen LogP contribution < -0.4 is 10.2 Å². The Morgan fingerprint density at radius 2 is 2.12 bits per heavy atom. The van der Waals surface area contributed by atoms with Crippen molar-refractivity contribution in [3.05, 3.63) is 30.1 Å². The van der Waals surface area contributed by atoms with Gasteiger partial charge in [0.25, 0.3) is 0 Å². The van der Waals surface area contributed by atoms with Crippen LogP contribution >= 0.6 is 0 Å². The molecule has 0 aromatic heterocycles. The fourth-order valence-corrected chi connectivity index (χ4v) is 1.52. The standard InChI is InChI=1S/C13H21FN2/c1-3-4-8-15-9-10-16(2)13-7-5-6-12(14)11-13/h5-7,11,15H,3-4,8-10H2,1-2H3. The number of halogens is 1. The summed E-state index contributed by atoms with van der Waals surface area (Å²) in [7, 11) is 1.98. The molecule has 0 radical (unpaired) electrons. The maximum atomic E-state index is 13.0. The lowest BCUT2D eigenvalue weighted by atomic mass is 10.3. The lowest BCUT2D eigenvalue weighted by Gasteiger charge is -2.19. The van der Waals surface area contributed by atoms with E-state index in [1.54, 1.807) is 12.1 Å². The Balaban J connectivity index is 2.27. The Morgan fingerprint density at radius 1 is 1.31 bits per heavy atom. The summed E-state index contributed by atoms with van der Waals surface area (Å²) in [6.07, 6.45) is 2.43. The molecule has 0 aliphatic heterocycles. The Bertz CT molecular complexity index is 302. The van der Waals surface area contributed by atoms with Crippen molar-refractivity contribution in [1.29, 1.82) is 0 Å². The number of unbranched alkanes of at least 4 members (excludes halogenated alkanes) is 1. The largest absolute Gasteiger partial charge is 0.373 e. The molecule has 2 nitrogen and oxygen atoms in total. The van der Waals surface area contributed by atoms with Crippen molar-refractivity contribution in [3.8, 4) is 0 Å². The molecular formula is C13H21FN2. The highest BCUT2D eigenvalue weighted by molar-refractivity contribution is 5.45.